The van der Waals surface area contributed by atoms with Crippen LogP contribution in [0.5, 0.6) is 0 Å². The first kappa shape index (κ1) is 22.7. The van der Waals surface area contributed by atoms with E-state index in [9.17, 15) is 36.2 Å². The predicted octanol–water partition coefficient (Wildman–Crippen LogP) is 6.45. The van der Waals surface area contributed by atoms with Crippen LogP contribution in [0.1, 0.15) is 5.56 Å². The Labute approximate surface area is 176 Å². The van der Waals surface area contributed by atoms with Crippen molar-refractivity contribution in [1.82, 2.24) is 0 Å². The highest BCUT2D eigenvalue weighted by atomic mass is 35.5. The van der Waals surface area contributed by atoms with Crippen molar-refractivity contribution in [2.45, 2.75) is 18.0 Å². The van der Waals surface area contributed by atoms with Gasteiger partial charge in [0.25, 0.3) is 5.60 Å². The maximum absolute atomic E-state index is 13.5. The van der Waals surface area contributed by atoms with Gasteiger partial charge in [-0.25, -0.2) is 4.79 Å². The van der Waals surface area contributed by atoms with Crippen molar-refractivity contribution in [2.75, 3.05) is 10.6 Å². The van der Waals surface area contributed by atoms with Crippen LogP contribution in [-0.4, -0.2) is 23.5 Å². The lowest BCUT2D eigenvalue weighted by atomic mass is 9.88. The summed E-state index contributed by atoms with van der Waals surface area (Å²) in [6.07, 6.45) is -12.2. The molecule has 11 heteroatoms. The van der Waals surface area contributed by atoms with Gasteiger partial charge in [0, 0.05) is 21.7 Å². The second-order valence-corrected chi connectivity index (χ2v) is 6.94. The number of urea groups is 1. The molecule has 0 bridgehead atoms. The summed E-state index contributed by atoms with van der Waals surface area (Å²) in [7, 11) is 0. The molecular formula is C20H13ClF6N2O2. The van der Waals surface area contributed by atoms with Crippen molar-refractivity contribution in [2.24, 2.45) is 0 Å². The lowest BCUT2D eigenvalue weighted by molar-refractivity contribution is -0.375. The first-order chi connectivity index (χ1) is 14.3. The Morgan fingerprint density at radius 3 is 1.97 bits per heavy atom. The van der Waals surface area contributed by atoms with Crippen LogP contribution < -0.4 is 10.6 Å². The van der Waals surface area contributed by atoms with Gasteiger partial charge in [-0.1, -0.05) is 48.0 Å². The molecule has 0 aromatic heterocycles. The summed E-state index contributed by atoms with van der Waals surface area (Å²) in [6.45, 7) is 0. The molecule has 0 fully saturated rings. The number of rotatable bonds is 3. The molecule has 31 heavy (non-hydrogen) atoms. The number of benzene rings is 3. The molecule has 164 valence electrons. The van der Waals surface area contributed by atoms with Gasteiger partial charge < -0.3 is 15.7 Å². The second-order valence-electron chi connectivity index (χ2n) is 6.50. The molecule has 0 radical (unpaired) electrons. The molecule has 0 saturated carbocycles. The predicted molar refractivity (Wildman–Crippen MR) is 104 cm³/mol. The van der Waals surface area contributed by atoms with Gasteiger partial charge in [-0.2, -0.15) is 26.3 Å². The van der Waals surface area contributed by atoms with Crippen molar-refractivity contribution in [3.8, 4) is 0 Å². The summed E-state index contributed by atoms with van der Waals surface area (Å²) in [5.74, 6) is 0. The third-order valence-electron chi connectivity index (χ3n) is 4.48. The van der Waals surface area contributed by atoms with Crippen LogP contribution in [-0.2, 0) is 5.60 Å². The standard InChI is InChI=1S/C20H13ClF6N2O2/c21-12-6-8-13(9-7-12)28-17(30)29-16-14-4-2-1-3-11(14)5-10-15(16)18(31,19(22,23)24)20(25,26)27/h1-10,31H,(H2,28,29,30). The number of carbonyl (C=O) groups is 1. The Morgan fingerprint density at radius 1 is 0.806 bits per heavy atom. The molecule has 0 unspecified atom stereocenters. The fourth-order valence-corrected chi connectivity index (χ4v) is 3.11. The monoisotopic (exact) mass is 462 g/mol. The van der Waals surface area contributed by atoms with E-state index in [1.807, 2.05) is 5.32 Å². The van der Waals surface area contributed by atoms with E-state index in [0.717, 1.165) is 6.07 Å². The number of hydrogen-bond donors (Lipinski definition) is 3. The maximum Gasteiger partial charge on any atom is 0.430 e. The smallest absolute Gasteiger partial charge is 0.369 e. The van der Waals surface area contributed by atoms with Crippen molar-refractivity contribution in [3.63, 3.8) is 0 Å². The molecule has 3 N–H and O–H groups in total. The third-order valence-corrected chi connectivity index (χ3v) is 4.73. The average molecular weight is 463 g/mol. The zero-order chi connectivity index (χ0) is 23.0. The highest BCUT2D eigenvalue weighted by Gasteiger charge is 2.72. The van der Waals surface area contributed by atoms with Crippen LogP contribution in [0.2, 0.25) is 5.02 Å². The van der Waals surface area contributed by atoms with Gasteiger partial charge in [0.05, 0.1) is 5.69 Å². The number of carbonyl (C=O) groups excluding carboxylic acids is 1. The van der Waals surface area contributed by atoms with E-state index in [-0.39, 0.29) is 16.5 Å². The lowest BCUT2D eigenvalue weighted by Crippen LogP contribution is -2.54. The molecule has 0 saturated heterocycles. The van der Waals surface area contributed by atoms with Crippen molar-refractivity contribution in [3.05, 3.63) is 71.2 Å². The van der Waals surface area contributed by atoms with E-state index in [4.69, 9.17) is 11.6 Å². The van der Waals surface area contributed by atoms with E-state index >= 15 is 0 Å². The summed E-state index contributed by atoms with van der Waals surface area (Å²) in [5.41, 5.74) is -7.42. The molecule has 3 aromatic rings. The lowest BCUT2D eigenvalue weighted by Gasteiger charge is -2.34. The van der Waals surface area contributed by atoms with E-state index in [2.05, 4.69) is 5.32 Å². The van der Waals surface area contributed by atoms with Crippen LogP contribution in [0.4, 0.5) is 42.5 Å². The molecule has 0 aliphatic carbocycles. The molecule has 0 aliphatic rings. The maximum atomic E-state index is 13.5. The number of fused-ring (bicyclic) bond motifs is 1. The summed E-state index contributed by atoms with van der Waals surface area (Å²) >= 11 is 5.73. The Bertz CT molecular complexity index is 1100. The normalized spacial score (nSPS) is 12.6. The summed E-state index contributed by atoms with van der Waals surface area (Å²) in [5, 5.41) is 14.7. The highest BCUT2D eigenvalue weighted by molar-refractivity contribution is 6.30. The molecular weight excluding hydrogens is 450 g/mol. The van der Waals surface area contributed by atoms with E-state index < -0.39 is 35.2 Å². The highest BCUT2D eigenvalue weighted by Crippen LogP contribution is 2.52. The first-order valence-electron chi connectivity index (χ1n) is 8.56. The zero-order valence-electron chi connectivity index (χ0n) is 15.3. The van der Waals surface area contributed by atoms with Gasteiger partial charge in [-0.15, -0.1) is 0 Å². The number of anilines is 2. The van der Waals surface area contributed by atoms with Gasteiger partial charge in [0.1, 0.15) is 0 Å². The Kier molecular flexibility index (Phi) is 5.81. The number of aliphatic hydroxyl groups is 1. The molecule has 4 nitrogen and oxygen atoms in total. The van der Waals surface area contributed by atoms with Gasteiger partial charge in [0.15, 0.2) is 0 Å². The fraction of sp³-hybridized carbons (Fsp3) is 0.150. The number of alkyl halides is 6. The SMILES string of the molecule is O=C(Nc1ccc(Cl)cc1)Nc1c(C(O)(C(F)(F)F)C(F)(F)F)ccc2ccccc12. The molecule has 2 amide bonds. The van der Waals surface area contributed by atoms with Crippen LogP contribution in [0.25, 0.3) is 10.8 Å². The molecule has 3 aromatic carbocycles. The Morgan fingerprint density at radius 2 is 1.39 bits per heavy atom. The Hall–Kier alpha value is -2.98. The third kappa shape index (κ3) is 4.26. The largest absolute Gasteiger partial charge is 0.430 e. The average Bonchev–Trinajstić information content (AvgIpc) is 2.67. The molecule has 0 heterocycles. The number of nitrogens with one attached hydrogen (secondary N) is 2. The van der Waals surface area contributed by atoms with Crippen LogP contribution in [0.15, 0.2) is 60.7 Å². The first-order valence-corrected chi connectivity index (χ1v) is 8.94. The summed E-state index contributed by atoms with van der Waals surface area (Å²) in [4.78, 5) is 12.4. The quantitative estimate of drug-likeness (QED) is 0.392. The summed E-state index contributed by atoms with van der Waals surface area (Å²) < 4.78 is 80.9. The van der Waals surface area contributed by atoms with Crippen LogP contribution in [0.3, 0.4) is 0 Å². The van der Waals surface area contributed by atoms with Crippen molar-refractivity contribution >= 4 is 39.8 Å². The minimum atomic E-state index is -6.11. The molecule has 0 aliphatic heterocycles. The Balaban J connectivity index is 2.14. The minimum Gasteiger partial charge on any atom is -0.369 e. The van der Waals surface area contributed by atoms with Gasteiger partial charge in [-0.05, 0) is 29.7 Å². The molecule has 0 spiro atoms. The van der Waals surface area contributed by atoms with E-state index in [1.165, 1.54) is 48.5 Å². The topological polar surface area (TPSA) is 61.4 Å². The molecule has 0 atom stereocenters. The molecule has 3 rings (SSSR count). The van der Waals surface area contributed by atoms with E-state index in [0.29, 0.717) is 11.1 Å². The number of amides is 2. The second kappa shape index (κ2) is 7.93. The fourth-order valence-electron chi connectivity index (χ4n) is 2.98. The van der Waals surface area contributed by atoms with Crippen LogP contribution >= 0.6 is 11.6 Å². The minimum absolute atomic E-state index is 0.127. The zero-order valence-corrected chi connectivity index (χ0v) is 16.0. The van der Waals surface area contributed by atoms with Gasteiger partial charge in [0.2, 0.25) is 0 Å². The van der Waals surface area contributed by atoms with E-state index in [1.54, 1.807) is 0 Å². The van der Waals surface area contributed by atoms with Crippen molar-refractivity contribution in [1.29, 1.82) is 0 Å². The summed E-state index contributed by atoms with van der Waals surface area (Å²) in [6, 6.07) is 11.5. The van der Waals surface area contributed by atoms with Gasteiger partial charge in [-0.3, -0.25) is 0 Å². The van der Waals surface area contributed by atoms with Gasteiger partial charge >= 0.3 is 18.4 Å². The number of hydrogen-bond acceptors (Lipinski definition) is 2. The van der Waals surface area contributed by atoms with Crippen LogP contribution in [0, 0.1) is 0 Å². The van der Waals surface area contributed by atoms with Crippen molar-refractivity contribution < 1.29 is 36.2 Å². The number of halogens is 7.